The van der Waals surface area contributed by atoms with Gasteiger partial charge in [0.1, 0.15) is 0 Å². The van der Waals surface area contributed by atoms with Gasteiger partial charge in [0.25, 0.3) is 0 Å². The smallest absolute Gasteiger partial charge is 0.0938 e. The molecule has 3 N–H and O–H groups in total. The maximum atomic E-state index is 9.39. The zero-order valence-corrected chi connectivity index (χ0v) is 9.82. The van der Waals surface area contributed by atoms with E-state index in [0.29, 0.717) is 19.0 Å². The number of aliphatic hydroxyl groups excluding tert-OH is 2. The van der Waals surface area contributed by atoms with E-state index < -0.39 is 12.2 Å². The minimum absolute atomic E-state index is 0.555. The number of rotatable bonds is 6. The lowest BCUT2D eigenvalue weighted by Gasteiger charge is -2.20. The van der Waals surface area contributed by atoms with Crippen molar-refractivity contribution in [1.29, 1.82) is 0 Å². The quantitative estimate of drug-likeness (QED) is 0.532. The summed E-state index contributed by atoms with van der Waals surface area (Å²) in [7, 11) is 0. The van der Waals surface area contributed by atoms with Gasteiger partial charge in [0, 0.05) is 19.6 Å². The summed E-state index contributed by atoms with van der Waals surface area (Å²) >= 11 is 0. The molecule has 4 heteroatoms. The standard InChI is InChI=1S/C11H24N2O2/c1-3-4-12-5-9(2)6-13-7-10(14)11(15)8-13/h9-12,14-15H,3-8H2,1-2H3. The van der Waals surface area contributed by atoms with Gasteiger partial charge in [0.05, 0.1) is 12.2 Å². The predicted octanol–water partition coefficient (Wildman–Crippen LogP) is -0.340. The number of hydrogen-bond donors (Lipinski definition) is 3. The fourth-order valence-electron chi connectivity index (χ4n) is 2.03. The van der Waals surface area contributed by atoms with Gasteiger partial charge >= 0.3 is 0 Å². The van der Waals surface area contributed by atoms with Crippen molar-refractivity contribution in [3.63, 3.8) is 0 Å². The molecule has 1 saturated heterocycles. The maximum Gasteiger partial charge on any atom is 0.0938 e. The van der Waals surface area contributed by atoms with Crippen LogP contribution in [-0.4, -0.2) is 60.0 Å². The van der Waals surface area contributed by atoms with Crippen LogP contribution in [0.3, 0.4) is 0 Å². The van der Waals surface area contributed by atoms with Crippen LogP contribution in [0.5, 0.6) is 0 Å². The van der Waals surface area contributed by atoms with Crippen LogP contribution in [0.15, 0.2) is 0 Å². The van der Waals surface area contributed by atoms with Crippen LogP contribution < -0.4 is 5.32 Å². The number of hydrogen-bond acceptors (Lipinski definition) is 4. The van der Waals surface area contributed by atoms with E-state index in [2.05, 4.69) is 24.1 Å². The molecule has 1 heterocycles. The van der Waals surface area contributed by atoms with Gasteiger partial charge in [-0.3, -0.25) is 4.90 Å². The summed E-state index contributed by atoms with van der Waals surface area (Å²) in [5.74, 6) is 0.564. The van der Waals surface area contributed by atoms with Crippen LogP contribution in [-0.2, 0) is 0 Å². The second-order valence-corrected chi connectivity index (χ2v) is 4.66. The Balaban J connectivity index is 2.13. The highest BCUT2D eigenvalue weighted by atomic mass is 16.3. The molecule has 4 nitrogen and oxygen atoms in total. The summed E-state index contributed by atoms with van der Waals surface area (Å²) < 4.78 is 0. The fourth-order valence-corrected chi connectivity index (χ4v) is 2.03. The first-order valence-electron chi connectivity index (χ1n) is 5.92. The van der Waals surface area contributed by atoms with E-state index in [1.54, 1.807) is 0 Å². The predicted molar refractivity (Wildman–Crippen MR) is 60.8 cm³/mol. The summed E-state index contributed by atoms with van der Waals surface area (Å²) in [6, 6.07) is 0. The SMILES string of the molecule is CCCNCC(C)CN1CC(O)C(O)C1. The number of aliphatic hydroxyl groups is 2. The van der Waals surface area contributed by atoms with Crippen molar-refractivity contribution < 1.29 is 10.2 Å². The normalized spacial score (nSPS) is 29.6. The molecule has 1 rings (SSSR count). The van der Waals surface area contributed by atoms with Crippen LogP contribution in [0, 0.1) is 5.92 Å². The lowest BCUT2D eigenvalue weighted by Crippen LogP contribution is -2.33. The Morgan fingerprint density at radius 2 is 1.93 bits per heavy atom. The van der Waals surface area contributed by atoms with Gasteiger partial charge in [-0.15, -0.1) is 0 Å². The molecule has 1 aliphatic rings. The van der Waals surface area contributed by atoms with Crippen LogP contribution in [0.25, 0.3) is 0 Å². The minimum atomic E-state index is -0.555. The molecule has 3 atom stereocenters. The lowest BCUT2D eigenvalue weighted by atomic mass is 10.1. The zero-order chi connectivity index (χ0) is 11.3. The number of nitrogens with zero attached hydrogens (tertiary/aromatic N) is 1. The van der Waals surface area contributed by atoms with Gasteiger partial charge in [-0.05, 0) is 25.4 Å². The first-order valence-corrected chi connectivity index (χ1v) is 5.92. The first kappa shape index (κ1) is 12.9. The number of β-amino-alcohol motifs (C(OH)–C–C–N with tert-alkyl or cyclic N) is 2. The van der Waals surface area contributed by atoms with E-state index in [0.717, 1.165) is 26.1 Å². The molecule has 0 amide bonds. The van der Waals surface area contributed by atoms with E-state index in [9.17, 15) is 10.2 Å². The molecule has 0 aliphatic carbocycles. The fraction of sp³-hybridized carbons (Fsp3) is 1.00. The second kappa shape index (κ2) is 6.43. The van der Waals surface area contributed by atoms with Gasteiger partial charge in [-0.1, -0.05) is 13.8 Å². The second-order valence-electron chi connectivity index (χ2n) is 4.66. The van der Waals surface area contributed by atoms with Crippen LogP contribution >= 0.6 is 0 Å². The highest BCUT2D eigenvalue weighted by molar-refractivity contribution is 4.83. The van der Waals surface area contributed by atoms with Crippen molar-refractivity contribution in [2.24, 2.45) is 5.92 Å². The van der Waals surface area contributed by atoms with E-state index in [-0.39, 0.29) is 0 Å². The van der Waals surface area contributed by atoms with E-state index >= 15 is 0 Å². The molecular formula is C11H24N2O2. The Bertz CT molecular complexity index is 168. The summed E-state index contributed by atoms with van der Waals surface area (Å²) in [5.41, 5.74) is 0. The van der Waals surface area contributed by atoms with Crippen molar-refractivity contribution in [3.8, 4) is 0 Å². The molecule has 0 spiro atoms. The molecule has 0 bridgehead atoms. The third kappa shape index (κ3) is 4.47. The molecule has 0 saturated carbocycles. The van der Waals surface area contributed by atoms with Gasteiger partial charge in [-0.25, -0.2) is 0 Å². The van der Waals surface area contributed by atoms with E-state index in [1.165, 1.54) is 0 Å². The molecule has 0 aromatic rings. The van der Waals surface area contributed by atoms with Crippen molar-refractivity contribution in [2.45, 2.75) is 32.5 Å². The molecule has 90 valence electrons. The summed E-state index contributed by atoms with van der Waals surface area (Å²) in [4.78, 5) is 2.13. The summed E-state index contributed by atoms with van der Waals surface area (Å²) in [6.45, 7) is 8.60. The highest BCUT2D eigenvalue weighted by Gasteiger charge is 2.29. The van der Waals surface area contributed by atoms with Crippen molar-refractivity contribution in [3.05, 3.63) is 0 Å². The average Bonchev–Trinajstić information content (AvgIpc) is 2.46. The summed E-state index contributed by atoms with van der Waals surface area (Å²) in [6.07, 6.45) is 0.0510. The minimum Gasteiger partial charge on any atom is -0.389 e. The van der Waals surface area contributed by atoms with Crippen molar-refractivity contribution >= 4 is 0 Å². The Hall–Kier alpha value is -0.160. The number of nitrogens with one attached hydrogen (secondary N) is 1. The third-order valence-electron chi connectivity index (χ3n) is 2.82. The van der Waals surface area contributed by atoms with Gasteiger partial charge in [0.2, 0.25) is 0 Å². The highest BCUT2D eigenvalue weighted by Crippen LogP contribution is 2.11. The molecule has 15 heavy (non-hydrogen) atoms. The van der Waals surface area contributed by atoms with Crippen molar-refractivity contribution in [2.75, 3.05) is 32.7 Å². The molecular weight excluding hydrogens is 192 g/mol. The largest absolute Gasteiger partial charge is 0.389 e. The Kier molecular flexibility index (Phi) is 5.53. The maximum absolute atomic E-state index is 9.39. The molecule has 0 aromatic heterocycles. The third-order valence-corrected chi connectivity index (χ3v) is 2.82. The van der Waals surface area contributed by atoms with E-state index in [1.807, 2.05) is 0 Å². The molecule has 0 aromatic carbocycles. The Morgan fingerprint density at radius 3 is 2.47 bits per heavy atom. The average molecular weight is 216 g/mol. The summed E-state index contributed by atoms with van der Waals surface area (Å²) in [5, 5.41) is 22.2. The van der Waals surface area contributed by atoms with Crippen molar-refractivity contribution in [1.82, 2.24) is 10.2 Å². The first-order chi connectivity index (χ1) is 7.13. The van der Waals surface area contributed by atoms with E-state index in [4.69, 9.17) is 0 Å². The zero-order valence-electron chi connectivity index (χ0n) is 9.82. The van der Waals surface area contributed by atoms with Crippen LogP contribution in [0.1, 0.15) is 20.3 Å². The monoisotopic (exact) mass is 216 g/mol. The van der Waals surface area contributed by atoms with Gasteiger partial charge < -0.3 is 15.5 Å². The topological polar surface area (TPSA) is 55.7 Å². The van der Waals surface area contributed by atoms with Crippen LogP contribution in [0.4, 0.5) is 0 Å². The van der Waals surface area contributed by atoms with Gasteiger partial charge in [0.15, 0.2) is 0 Å². The molecule has 3 unspecified atom stereocenters. The molecule has 1 fully saturated rings. The molecule has 1 aliphatic heterocycles. The Labute approximate surface area is 92.3 Å². The Morgan fingerprint density at radius 1 is 1.33 bits per heavy atom. The molecule has 0 radical (unpaired) electrons. The van der Waals surface area contributed by atoms with Gasteiger partial charge in [-0.2, -0.15) is 0 Å². The number of likely N-dealkylation sites (tertiary alicyclic amines) is 1. The lowest BCUT2D eigenvalue weighted by molar-refractivity contribution is 0.0572. The van der Waals surface area contributed by atoms with Crippen LogP contribution in [0.2, 0.25) is 0 Å².